The molecular weight excluding hydrogens is 476 g/mol. The van der Waals surface area contributed by atoms with E-state index in [1.54, 1.807) is 31.2 Å². The highest BCUT2D eigenvalue weighted by atomic mass is 19.4. The third-order valence-corrected chi connectivity index (χ3v) is 5.21. The number of nitrogens with zero attached hydrogens (tertiary/aromatic N) is 1. The highest BCUT2D eigenvalue weighted by Gasteiger charge is 2.37. The maximum absolute atomic E-state index is 13.7. The smallest absolute Gasteiger partial charge is 0.418 e. The second-order valence-corrected chi connectivity index (χ2v) is 7.60. The Bertz CT molecular complexity index is 1160. The van der Waals surface area contributed by atoms with Gasteiger partial charge in [-0.2, -0.15) is 26.3 Å². The number of rotatable bonds is 6. The Labute approximate surface area is 197 Å². The molecule has 0 saturated heterocycles. The van der Waals surface area contributed by atoms with E-state index in [4.69, 9.17) is 4.74 Å². The first-order valence-corrected chi connectivity index (χ1v) is 10.3. The lowest BCUT2D eigenvalue weighted by Crippen LogP contribution is -2.40. The molecule has 2 amide bonds. The number of pyridine rings is 1. The van der Waals surface area contributed by atoms with E-state index in [0.717, 1.165) is 42.6 Å². The summed E-state index contributed by atoms with van der Waals surface area (Å²) in [7, 11) is 1.48. The molecule has 0 radical (unpaired) electrons. The van der Waals surface area contributed by atoms with E-state index in [9.17, 15) is 31.1 Å². The van der Waals surface area contributed by atoms with Crippen LogP contribution in [0.4, 0.5) is 31.1 Å². The van der Waals surface area contributed by atoms with Crippen LogP contribution in [-0.4, -0.2) is 18.1 Å². The zero-order chi connectivity index (χ0) is 25.8. The Morgan fingerprint density at radius 2 is 1.57 bits per heavy atom. The van der Waals surface area contributed by atoms with Crippen molar-refractivity contribution in [2.24, 2.45) is 0 Å². The molecule has 2 unspecified atom stereocenters. The molecule has 35 heavy (non-hydrogen) atoms. The Balaban J connectivity index is 1.94. The lowest BCUT2D eigenvalue weighted by Gasteiger charge is -2.24. The Morgan fingerprint density at radius 1 is 0.886 bits per heavy atom. The summed E-state index contributed by atoms with van der Waals surface area (Å²) in [5.41, 5.74) is -1.99. The highest BCUT2D eigenvalue weighted by molar-refractivity contribution is 5.75. The number of ether oxygens (including phenoxy) is 1. The summed E-state index contributed by atoms with van der Waals surface area (Å²) < 4.78 is 85.1. The van der Waals surface area contributed by atoms with Crippen molar-refractivity contribution >= 4 is 6.03 Å². The fraction of sp³-hybridized carbons (Fsp3) is 0.250. The highest BCUT2D eigenvalue weighted by Crippen LogP contribution is 2.36. The Hall–Kier alpha value is -3.76. The van der Waals surface area contributed by atoms with Crippen molar-refractivity contribution in [1.29, 1.82) is 0 Å². The number of carbonyl (C=O) groups is 1. The van der Waals surface area contributed by atoms with Crippen molar-refractivity contribution in [3.8, 4) is 5.75 Å². The summed E-state index contributed by atoms with van der Waals surface area (Å²) in [6.07, 6.45) is -8.33. The zero-order valence-corrected chi connectivity index (χ0v) is 18.5. The first-order chi connectivity index (χ1) is 16.4. The number of methoxy groups -OCH3 is 1. The molecule has 0 aliphatic rings. The van der Waals surface area contributed by atoms with Crippen molar-refractivity contribution in [1.82, 2.24) is 15.6 Å². The van der Waals surface area contributed by atoms with Crippen molar-refractivity contribution in [2.75, 3.05) is 7.11 Å². The van der Waals surface area contributed by atoms with Gasteiger partial charge < -0.3 is 15.4 Å². The molecule has 0 fully saturated rings. The van der Waals surface area contributed by atoms with E-state index in [-0.39, 0.29) is 5.56 Å². The number of aromatic nitrogens is 1. The van der Waals surface area contributed by atoms with Gasteiger partial charge in [0.15, 0.2) is 0 Å². The summed E-state index contributed by atoms with van der Waals surface area (Å²) in [6.45, 7) is 1.66. The van der Waals surface area contributed by atoms with Gasteiger partial charge in [0.25, 0.3) is 0 Å². The summed E-state index contributed by atoms with van der Waals surface area (Å²) in [5.74, 6) is 0.544. The number of hydrogen-bond acceptors (Lipinski definition) is 3. The molecule has 0 aliphatic carbocycles. The number of urea groups is 1. The fourth-order valence-corrected chi connectivity index (χ4v) is 3.42. The molecule has 3 rings (SSSR count). The van der Waals surface area contributed by atoms with Crippen LogP contribution in [0.2, 0.25) is 0 Å². The molecule has 0 bridgehead atoms. The maximum atomic E-state index is 13.7. The van der Waals surface area contributed by atoms with Crippen molar-refractivity contribution in [2.45, 2.75) is 31.4 Å². The van der Waals surface area contributed by atoms with Crippen LogP contribution >= 0.6 is 0 Å². The van der Waals surface area contributed by atoms with Gasteiger partial charge in [-0.1, -0.05) is 24.3 Å². The van der Waals surface area contributed by atoms with E-state index >= 15 is 0 Å². The van der Waals surface area contributed by atoms with Gasteiger partial charge in [0.05, 0.1) is 36.0 Å². The zero-order valence-electron chi connectivity index (χ0n) is 18.5. The van der Waals surface area contributed by atoms with Crippen LogP contribution in [0.3, 0.4) is 0 Å². The number of carbonyl (C=O) groups excluding carboxylic acids is 1. The lowest BCUT2D eigenvalue weighted by atomic mass is 9.98. The third-order valence-electron chi connectivity index (χ3n) is 5.21. The number of hydrogen-bond donors (Lipinski definition) is 2. The quantitative estimate of drug-likeness (QED) is 0.394. The molecule has 0 spiro atoms. The number of nitrogens with one attached hydrogen (secondary N) is 2. The first-order valence-electron chi connectivity index (χ1n) is 10.3. The average molecular weight is 497 g/mol. The lowest BCUT2D eigenvalue weighted by molar-refractivity contribution is -0.139. The van der Waals surface area contributed by atoms with Crippen molar-refractivity contribution in [3.63, 3.8) is 0 Å². The van der Waals surface area contributed by atoms with Crippen LogP contribution in [0.5, 0.6) is 5.75 Å². The fourth-order valence-electron chi connectivity index (χ4n) is 3.42. The topological polar surface area (TPSA) is 63.2 Å². The average Bonchev–Trinajstić information content (AvgIpc) is 2.81. The summed E-state index contributed by atoms with van der Waals surface area (Å²) in [6, 6.07) is 9.28. The minimum atomic E-state index is -4.81. The third kappa shape index (κ3) is 6.43. The summed E-state index contributed by atoms with van der Waals surface area (Å²) in [4.78, 5) is 16.6. The Morgan fingerprint density at radius 3 is 2.17 bits per heavy atom. The Kier molecular flexibility index (Phi) is 7.57. The number of amides is 2. The van der Waals surface area contributed by atoms with Gasteiger partial charge in [-0.3, -0.25) is 4.98 Å². The number of benzene rings is 2. The van der Waals surface area contributed by atoms with Crippen LogP contribution < -0.4 is 15.4 Å². The van der Waals surface area contributed by atoms with Gasteiger partial charge >= 0.3 is 18.4 Å². The molecule has 2 N–H and O–H groups in total. The second-order valence-electron chi connectivity index (χ2n) is 7.60. The monoisotopic (exact) mass is 497 g/mol. The molecule has 11 heteroatoms. The van der Waals surface area contributed by atoms with Crippen LogP contribution in [0.25, 0.3) is 0 Å². The minimum Gasteiger partial charge on any atom is -0.497 e. The van der Waals surface area contributed by atoms with Crippen LogP contribution in [0.15, 0.2) is 66.9 Å². The molecule has 186 valence electrons. The van der Waals surface area contributed by atoms with Gasteiger partial charge in [0.1, 0.15) is 5.75 Å². The normalized spacial score (nSPS) is 13.6. The molecule has 2 atom stereocenters. The van der Waals surface area contributed by atoms with Crippen LogP contribution in [0.1, 0.15) is 47.0 Å². The van der Waals surface area contributed by atoms with Gasteiger partial charge in [0, 0.05) is 6.20 Å². The largest absolute Gasteiger partial charge is 0.497 e. The van der Waals surface area contributed by atoms with E-state index < -0.39 is 47.3 Å². The summed E-state index contributed by atoms with van der Waals surface area (Å²) in [5, 5.41) is 5.04. The SMILES string of the molecule is COc1cccc(C(C)NC(=O)NC(c2ccc(C(F)(F)F)cc2)c2ncccc2C(F)(F)F)c1. The standard InChI is InChI=1S/C24H21F6N3O2/c1-14(16-5-3-6-18(13-16)35-2)32-22(34)33-20(15-8-10-17(11-9-15)23(25,26)27)21-19(24(28,29)30)7-4-12-31-21/h3-14,20H,1-2H3,(H2,32,33,34). The van der Waals surface area contributed by atoms with E-state index in [2.05, 4.69) is 15.6 Å². The van der Waals surface area contributed by atoms with Crippen molar-refractivity contribution in [3.05, 3.63) is 94.8 Å². The predicted octanol–water partition coefficient (Wildman–Crippen LogP) is 6.28. The predicted molar refractivity (Wildman–Crippen MR) is 116 cm³/mol. The minimum absolute atomic E-state index is 0.00798. The molecule has 1 heterocycles. The molecule has 5 nitrogen and oxygen atoms in total. The second kappa shape index (κ2) is 10.2. The van der Waals surface area contributed by atoms with E-state index in [1.807, 2.05) is 0 Å². The molecule has 3 aromatic rings. The molecule has 2 aromatic carbocycles. The summed E-state index contributed by atoms with van der Waals surface area (Å²) >= 11 is 0. The van der Waals surface area contributed by atoms with Gasteiger partial charge in [0.2, 0.25) is 0 Å². The maximum Gasteiger partial charge on any atom is 0.418 e. The van der Waals surface area contributed by atoms with E-state index in [1.165, 1.54) is 7.11 Å². The van der Waals surface area contributed by atoms with Gasteiger partial charge in [-0.15, -0.1) is 0 Å². The van der Waals surface area contributed by atoms with E-state index in [0.29, 0.717) is 11.3 Å². The first kappa shape index (κ1) is 25.9. The van der Waals surface area contributed by atoms with Gasteiger partial charge in [-0.25, -0.2) is 4.79 Å². The van der Waals surface area contributed by atoms with Gasteiger partial charge in [-0.05, 0) is 54.4 Å². The van der Waals surface area contributed by atoms with Crippen molar-refractivity contribution < 1.29 is 35.9 Å². The molecular formula is C24H21F6N3O2. The molecule has 1 aromatic heterocycles. The van der Waals surface area contributed by atoms with Crippen LogP contribution in [-0.2, 0) is 12.4 Å². The molecule has 0 aliphatic heterocycles. The van der Waals surface area contributed by atoms with Crippen LogP contribution in [0, 0.1) is 0 Å². The number of halogens is 6. The molecule has 0 saturated carbocycles. The number of alkyl halides is 6.